The number of nitrogens with zero attached hydrogens (tertiary/aromatic N) is 9. The van der Waals surface area contributed by atoms with Crippen LogP contribution in [0.3, 0.4) is 0 Å². The van der Waals surface area contributed by atoms with Gasteiger partial charge in [-0.25, -0.2) is 15.0 Å². The molecule has 2 fully saturated rings. The number of hydrogen-bond donors (Lipinski definition) is 1. The van der Waals surface area contributed by atoms with E-state index in [2.05, 4.69) is 51.3 Å². The SMILES string of the molecule is CC(C)(C)c1nc(N2CCCC2CO)c2ncn(CC3(C4CC4)N=NN=N3)c2n1. The Bertz CT molecular complexity index is 973. The van der Waals surface area contributed by atoms with E-state index in [9.17, 15) is 5.11 Å². The largest absolute Gasteiger partial charge is 0.394 e. The third-order valence-corrected chi connectivity index (χ3v) is 6.09. The quantitative estimate of drug-likeness (QED) is 0.832. The lowest BCUT2D eigenvalue weighted by atomic mass is 9.95. The van der Waals surface area contributed by atoms with Crippen LogP contribution in [0.2, 0.25) is 0 Å². The number of fused-ring (bicyclic) bond motifs is 1. The second-order valence-electron chi connectivity index (χ2n) is 9.37. The van der Waals surface area contributed by atoms with Crippen molar-refractivity contribution in [1.82, 2.24) is 19.5 Å². The Morgan fingerprint density at radius 3 is 2.55 bits per heavy atom. The van der Waals surface area contributed by atoms with Gasteiger partial charge in [0.15, 0.2) is 17.0 Å². The van der Waals surface area contributed by atoms with E-state index in [-0.39, 0.29) is 18.1 Å². The lowest BCUT2D eigenvalue weighted by Crippen LogP contribution is -2.34. The maximum absolute atomic E-state index is 9.84. The Morgan fingerprint density at radius 2 is 1.90 bits per heavy atom. The molecule has 1 saturated heterocycles. The zero-order valence-electron chi connectivity index (χ0n) is 17.2. The highest BCUT2D eigenvalue weighted by Crippen LogP contribution is 2.46. The average Bonchev–Trinajstić information content (AvgIpc) is 3.12. The van der Waals surface area contributed by atoms with Crippen LogP contribution in [0.15, 0.2) is 27.0 Å². The van der Waals surface area contributed by atoms with Gasteiger partial charge in [0.05, 0.1) is 25.5 Å². The Hall–Kier alpha value is -2.49. The van der Waals surface area contributed by atoms with E-state index in [1.165, 1.54) is 0 Å². The minimum absolute atomic E-state index is 0.0707. The van der Waals surface area contributed by atoms with Crippen LogP contribution in [0.5, 0.6) is 0 Å². The highest BCUT2D eigenvalue weighted by Gasteiger charge is 2.49. The molecule has 154 valence electrons. The predicted octanol–water partition coefficient (Wildman–Crippen LogP) is 3.02. The zero-order valence-corrected chi connectivity index (χ0v) is 17.2. The molecule has 2 aliphatic heterocycles. The molecule has 1 N–H and O–H groups in total. The predicted molar refractivity (Wildman–Crippen MR) is 107 cm³/mol. The van der Waals surface area contributed by atoms with Gasteiger partial charge in [-0.15, -0.1) is 10.2 Å². The molecule has 1 aliphatic carbocycles. The van der Waals surface area contributed by atoms with Crippen molar-refractivity contribution in [2.45, 2.75) is 70.1 Å². The Labute approximate surface area is 169 Å². The molecule has 10 nitrogen and oxygen atoms in total. The van der Waals surface area contributed by atoms with Gasteiger partial charge < -0.3 is 14.6 Å². The van der Waals surface area contributed by atoms with Crippen LogP contribution in [0.4, 0.5) is 5.82 Å². The van der Waals surface area contributed by atoms with Crippen molar-refractivity contribution < 1.29 is 5.11 Å². The fraction of sp³-hybridized carbons (Fsp3) is 0.737. The average molecular weight is 397 g/mol. The maximum Gasteiger partial charge on any atom is 0.215 e. The standard InChI is InChI=1S/C19H27N9O/c1-18(2,3)17-21-15-14(16(22-17)28-8-4-5-13(28)9-29)20-11-27(15)10-19(12-6-7-12)23-25-26-24-19/h11-13,29H,4-10H2,1-3H3. The normalized spacial score (nSPS) is 23.6. The summed E-state index contributed by atoms with van der Waals surface area (Å²) in [5, 5.41) is 26.2. The molecule has 0 radical (unpaired) electrons. The van der Waals surface area contributed by atoms with Crippen molar-refractivity contribution in [3.63, 3.8) is 0 Å². The molecule has 2 aromatic rings. The summed E-state index contributed by atoms with van der Waals surface area (Å²) >= 11 is 0. The number of imidazole rings is 1. The molecule has 3 aliphatic rings. The van der Waals surface area contributed by atoms with Crippen LogP contribution in [0.1, 0.15) is 52.3 Å². The summed E-state index contributed by atoms with van der Waals surface area (Å²) in [7, 11) is 0. The van der Waals surface area contributed by atoms with Gasteiger partial charge in [-0.1, -0.05) is 20.8 Å². The fourth-order valence-corrected chi connectivity index (χ4v) is 4.25. The number of aliphatic hydroxyl groups excluding tert-OH is 1. The van der Waals surface area contributed by atoms with E-state index in [1.807, 2.05) is 4.57 Å². The van der Waals surface area contributed by atoms with Crippen molar-refractivity contribution in [3.8, 4) is 0 Å². The van der Waals surface area contributed by atoms with Crippen LogP contribution in [0, 0.1) is 5.92 Å². The summed E-state index contributed by atoms with van der Waals surface area (Å²) in [5.74, 6) is 1.95. The molecular weight excluding hydrogens is 370 g/mol. The highest BCUT2D eigenvalue weighted by atomic mass is 16.3. The van der Waals surface area contributed by atoms with Gasteiger partial charge in [-0.3, -0.25) is 0 Å². The van der Waals surface area contributed by atoms with E-state index in [0.717, 1.165) is 55.0 Å². The highest BCUT2D eigenvalue weighted by molar-refractivity contribution is 5.84. The maximum atomic E-state index is 9.84. The molecule has 29 heavy (non-hydrogen) atoms. The Kier molecular flexibility index (Phi) is 4.16. The smallest absolute Gasteiger partial charge is 0.215 e. The molecule has 0 aromatic carbocycles. The first kappa shape index (κ1) is 18.5. The third-order valence-electron chi connectivity index (χ3n) is 6.09. The van der Waals surface area contributed by atoms with E-state index >= 15 is 0 Å². The minimum Gasteiger partial charge on any atom is -0.394 e. The van der Waals surface area contributed by atoms with Gasteiger partial charge >= 0.3 is 0 Å². The molecule has 1 atom stereocenters. The van der Waals surface area contributed by atoms with Crippen molar-refractivity contribution in [1.29, 1.82) is 0 Å². The first-order valence-electron chi connectivity index (χ1n) is 10.4. The summed E-state index contributed by atoms with van der Waals surface area (Å²) in [6.07, 6.45) is 5.97. The molecule has 5 rings (SSSR count). The summed E-state index contributed by atoms with van der Waals surface area (Å²) in [4.78, 5) is 16.7. The van der Waals surface area contributed by atoms with Crippen LogP contribution < -0.4 is 4.90 Å². The topological polar surface area (TPSA) is 117 Å². The summed E-state index contributed by atoms with van der Waals surface area (Å²) in [5.41, 5.74) is 0.687. The van der Waals surface area contributed by atoms with E-state index < -0.39 is 5.66 Å². The van der Waals surface area contributed by atoms with E-state index in [0.29, 0.717) is 12.5 Å². The molecule has 1 saturated carbocycles. The first-order chi connectivity index (χ1) is 13.9. The number of aliphatic hydroxyl groups is 1. The Balaban J connectivity index is 1.63. The summed E-state index contributed by atoms with van der Waals surface area (Å²) in [6, 6.07) is 0.0707. The molecule has 4 heterocycles. The van der Waals surface area contributed by atoms with Crippen molar-refractivity contribution in [2.75, 3.05) is 18.1 Å². The fourth-order valence-electron chi connectivity index (χ4n) is 4.25. The first-order valence-corrected chi connectivity index (χ1v) is 10.4. The monoisotopic (exact) mass is 397 g/mol. The second-order valence-corrected chi connectivity index (χ2v) is 9.37. The Morgan fingerprint density at radius 1 is 1.14 bits per heavy atom. The van der Waals surface area contributed by atoms with Crippen LogP contribution in [-0.2, 0) is 12.0 Å². The molecule has 0 bridgehead atoms. The van der Waals surface area contributed by atoms with Gasteiger partial charge in [-0.2, -0.15) is 0 Å². The molecule has 0 amide bonds. The summed E-state index contributed by atoms with van der Waals surface area (Å²) < 4.78 is 2.02. The van der Waals surface area contributed by atoms with Gasteiger partial charge in [0.2, 0.25) is 5.66 Å². The molecule has 0 spiro atoms. The van der Waals surface area contributed by atoms with Crippen LogP contribution in [-0.4, -0.2) is 49.5 Å². The third kappa shape index (κ3) is 3.09. The number of anilines is 1. The summed E-state index contributed by atoms with van der Waals surface area (Å²) in [6.45, 7) is 7.82. The minimum atomic E-state index is -0.637. The van der Waals surface area contributed by atoms with Crippen molar-refractivity contribution in [2.24, 2.45) is 26.6 Å². The molecule has 2 aromatic heterocycles. The van der Waals surface area contributed by atoms with Crippen LogP contribution in [0.25, 0.3) is 11.2 Å². The van der Waals surface area contributed by atoms with Gasteiger partial charge in [0.1, 0.15) is 5.82 Å². The lowest BCUT2D eigenvalue weighted by molar-refractivity contribution is 0.266. The van der Waals surface area contributed by atoms with Gasteiger partial charge in [0.25, 0.3) is 0 Å². The van der Waals surface area contributed by atoms with E-state index in [4.69, 9.17) is 9.97 Å². The lowest BCUT2D eigenvalue weighted by Gasteiger charge is -2.26. The van der Waals surface area contributed by atoms with Crippen molar-refractivity contribution in [3.05, 3.63) is 12.2 Å². The molecular formula is C19H27N9O. The second kappa shape index (κ2) is 6.51. The van der Waals surface area contributed by atoms with Crippen molar-refractivity contribution >= 4 is 17.0 Å². The number of rotatable bonds is 5. The molecule has 1 unspecified atom stereocenters. The zero-order chi connectivity index (χ0) is 20.2. The van der Waals surface area contributed by atoms with Gasteiger partial charge in [0, 0.05) is 17.9 Å². The van der Waals surface area contributed by atoms with Crippen LogP contribution >= 0.6 is 0 Å². The molecule has 10 heteroatoms. The number of aromatic nitrogens is 4. The number of hydrogen-bond acceptors (Lipinski definition) is 9. The van der Waals surface area contributed by atoms with Gasteiger partial charge in [-0.05, 0) is 36.1 Å². The van der Waals surface area contributed by atoms with E-state index in [1.54, 1.807) is 6.33 Å².